The summed E-state index contributed by atoms with van der Waals surface area (Å²) in [6.45, 7) is 2.90. The first kappa shape index (κ1) is 19.6. The third-order valence-electron chi connectivity index (χ3n) is 4.91. The fourth-order valence-corrected chi connectivity index (χ4v) is 3.58. The van der Waals surface area contributed by atoms with Gasteiger partial charge in [0.15, 0.2) is 0 Å². The van der Waals surface area contributed by atoms with Crippen molar-refractivity contribution in [3.63, 3.8) is 0 Å². The number of hydrogen-bond acceptors (Lipinski definition) is 3. The van der Waals surface area contributed by atoms with Crippen LogP contribution in [0.25, 0.3) is 22.2 Å². The van der Waals surface area contributed by atoms with Crippen LogP contribution in [-0.4, -0.2) is 22.7 Å². The van der Waals surface area contributed by atoms with Gasteiger partial charge in [0.25, 0.3) is 0 Å². The molecule has 0 aliphatic heterocycles. The van der Waals surface area contributed by atoms with Crippen LogP contribution in [-0.2, 0) is 17.8 Å². The summed E-state index contributed by atoms with van der Waals surface area (Å²) in [6, 6.07) is 23.3. The van der Waals surface area contributed by atoms with Crippen LogP contribution >= 0.6 is 0 Å². The van der Waals surface area contributed by atoms with Gasteiger partial charge < -0.3 is 19.6 Å². The molecule has 152 valence electrons. The van der Waals surface area contributed by atoms with Crippen LogP contribution in [0.15, 0.2) is 72.8 Å². The maximum Gasteiger partial charge on any atom is 0.307 e. The van der Waals surface area contributed by atoms with E-state index in [-0.39, 0.29) is 6.42 Å². The zero-order chi connectivity index (χ0) is 20.9. The number of rotatable bonds is 8. The van der Waals surface area contributed by atoms with Gasteiger partial charge >= 0.3 is 5.97 Å². The van der Waals surface area contributed by atoms with Crippen molar-refractivity contribution in [2.45, 2.75) is 20.0 Å². The lowest BCUT2D eigenvalue weighted by atomic mass is 10.0. The van der Waals surface area contributed by atoms with Crippen molar-refractivity contribution in [2.24, 2.45) is 0 Å². The molecule has 0 amide bonds. The Bertz CT molecular complexity index is 1160. The quantitative estimate of drug-likeness (QED) is 0.412. The SMILES string of the molecule is CCOc1ccc2[nH]c(-c3ccccc3OCc3ccccc3)c(CC(=O)O)c2c1. The first-order valence-electron chi connectivity index (χ1n) is 9.91. The molecule has 4 rings (SSSR count). The summed E-state index contributed by atoms with van der Waals surface area (Å²) >= 11 is 0. The van der Waals surface area contributed by atoms with Crippen LogP contribution in [0.3, 0.4) is 0 Å². The van der Waals surface area contributed by atoms with Gasteiger partial charge in [-0.15, -0.1) is 0 Å². The van der Waals surface area contributed by atoms with Crippen molar-refractivity contribution in [3.05, 3.63) is 83.9 Å². The highest BCUT2D eigenvalue weighted by molar-refractivity contribution is 5.95. The van der Waals surface area contributed by atoms with Gasteiger partial charge in [0.2, 0.25) is 0 Å². The average molecular weight is 401 g/mol. The summed E-state index contributed by atoms with van der Waals surface area (Å²) in [7, 11) is 0. The number of carboxylic acids is 1. The zero-order valence-corrected chi connectivity index (χ0v) is 16.7. The van der Waals surface area contributed by atoms with Crippen molar-refractivity contribution in [1.82, 2.24) is 4.98 Å². The van der Waals surface area contributed by atoms with E-state index in [2.05, 4.69) is 4.98 Å². The number of ether oxygens (including phenoxy) is 2. The van der Waals surface area contributed by atoms with Crippen LogP contribution in [0, 0.1) is 0 Å². The number of hydrogen-bond donors (Lipinski definition) is 2. The lowest BCUT2D eigenvalue weighted by Gasteiger charge is -2.12. The smallest absolute Gasteiger partial charge is 0.307 e. The molecule has 0 unspecified atom stereocenters. The van der Waals surface area contributed by atoms with Gasteiger partial charge in [-0.3, -0.25) is 4.79 Å². The van der Waals surface area contributed by atoms with E-state index in [1.165, 1.54) is 0 Å². The van der Waals surface area contributed by atoms with Crippen molar-refractivity contribution < 1.29 is 19.4 Å². The monoisotopic (exact) mass is 401 g/mol. The van der Waals surface area contributed by atoms with Gasteiger partial charge in [-0.05, 0) is 48.4 Å². The van der Waals surface area contributed by atoms with Crippen LogP contribution in [0.5, 0.6) is 11.5 Å². The number of carboxylic acid groups (broad SMARTS) is 1. The lowest BCUT2D eigenvalue weighted by Crippen LogP contribution is -2.02. The Labute approximate surface area is 174 Å². The van der Waals surface area contributed by atoms with E-state index in [1.807, 2.05) is 79.7 Å². The Morgan fingerprint density at radius 2 is 1.73 bits per heavy atom. The Balaban J connectivity index is 1.77. The standard InChI is InChI=1S/C25H23NO4/c1-2-29-18-12-13-22-20(14-18)21(15-24(27)28)25(26-22)19-10-6-7-11-23(19)30-16-17-8-4-3-5-9-17/h3-14,26H,2,15-16H2,1H3,(H,27,28). The summed E-state index contributed by atoms with van der Waals surface area (Å²) in [5.74, 6) is 0.530. The van der Waals surface area contributed by atoms with Gasteiger partial charge in [0.05, 0.1) is 18.7 Å². The van der Waals surface area contributed by atoms with E-state index in [1.54, 1.807) is 0 Å². The molecule has 5 heteroatoms. The van der Waals surface area contributed by atoms with E-state index in [9.17, 15) is 9.90 Å². The summed E-state index contributed by atoms with van der Waals surface area (Å²) < 4.78 is 11.7. The molecular formula is C25H23NO4. The maximum atomic E-state index is 11.6. The molecule has 0 fully saturated rings. The van der Waals surface area contributed by atoms with Crippen molar-refractivity contribution >= 4 is 16.9 Å². The molecule has 0 aliphatic carbocycles. The number of fused-ring (bicyclic) bond motifs is 1. The number of H-pyrrole nitrogens is 1. The summed E-state index contributed by atoms with van der Waals surface area (Å²) in [6.07, 6.45) is -0.0993. The van der Waals surface area contributed by atoms with E-state index >= 15 is 0 Å². The molecule has 0 atom stereocenters. The molecule has 3 aromatic carbocycles. The van der Waals surface area contributed by atoms with Crippen molar-refractivity contribution in [3.8, 4) is 22.8 Å². The average Bonchev–Trinajstić information content (AvgIpc) is 3.10. The molecule has 0 spiro atoms. The maximum absolute atomic E-state index is 11.6. The molecule has 30 heavy (non-hydrogen) atoms. The first-order chi connectivity index (χ1) is 14.7. The number of aromatic amines is 1. The molecule has 0 bridgehead atoms. The Morgan fingerprint density at radius 1 is 0.967 bits per heavy atom. The number of para-hydroxylation sites is 1. The van der Waals surface area contributed by atoms with Crippen LogP contribution < -0.4 is 9.47 Å². The molecule has 0 radical (unpaired) electrons. The predicted octanol–water partition coefficient (Wildman–Crippen LogP) is 5.44. The van der Waals surface area contributed by atoms with Gasteiger partial charge in [0.1, 0.15) is 18.1 Å². The molecule has 0 saturated heterocycles. The summed E-state index contributed by atoms with van der Waals surface area (Å²) in [4.78, 5) is 15.0. The Kier molecular flexibility index (Phi) is 5.70. The van der Waals surface area contributed by atoms with Gasteiger partial charge in [0, 0.05) is 16.5 Å². The zero-order valence-electron chi connectivity index (χ0n) is 16.7. The second-order valence-corrected chi connectivity index (χ2v) is 6.96. The highest BCUT2D eigenvalue weighted by Gasteiger charge is 2.19. The van der Waals surface area contributed by atoms with Crippen LogP contribution in [0.4, 0.5) is 0 Å². The number of nitrogens with one attached hydrogen (secondary N) is 1. The van der Waals surface area contributed by atoms with Gasteiger partial charge in [-0.1, -0.05) is 42.5 Å². The molecule has 4 aromatic rings. The number of benzene rings is 3. The molecule has 1 heterocycles. The van der Waals surface area contributed by atoms with Crippen LogP contribution in [0.2, 0.25) is 0 Å². The fraction of sp³-hybridized carbons (Fsp3) is 0.160. The molecule has 0 aliphatic rings. The number of aliphatic carboxylic acids is 1. The second kappa shape index (κ2) is 8.74. The number of aromatic nitrogens is 1. The van der Waals surface area contributed by atoms with Crippen molar-refractivity contribution in [2.75, 3.05) is 6.61 Å². The number of carbonyl (C=O) groups is 1. The Hall–Kier alpha value is -3.73. The highest BCUT2D eigenvalue weighted by Crippen LogP contribution is 2.37. The first-order valence-corrected chi connectivity index (χ1v) is 9.91. The predicted molar refractivity (Wildman–Crippen MR) is 117 cm³/mol. The minimum Gasteiger partial charge on any atom is -0.494 e. The normalized spacial score (nSPS) is 10.8. The van der Waals surface area contributed by atoms with E-state index in [0.29, 0.717) is 19.0 Å². The highest BCUT2D eigenvalue weighted by atomic mass is 16.5. The molecular weight excluding hydrogens is 378 g/mol. The van der Waals surface area contributed by atoms with Crippen molar-refractivity contribution in [1.29, 1.82) is 0 Å². The van der Waals surface area contributed by atoms with E-state index in [0.717, 1.165) is 39.0 Å². The minimum absolute atomic E-state index is 0.0993. The fourth-order valence-electron chi connectivity index (χ4n) is 3.58. The molecule has 1 aromatic heterocycles. The molecule has 2 N–H and O–H groups in total. The Morgan fingerprint density at radius 3 is 2.50 bits per heavy atom. The summed E-state index contributed by atoms with van der Waals surface area (Å²) in [5.41, 5.74) is 4.23. The lowest BCUT2D eigenvalue weighted by molar-refractivity contribution is -0.136. The molecule has 0 saturated carbocycles. The van der Waals surface area contributed by atoms with E-state index in [4.69, 9.17) is 9.47 Å². The van der Waals surface area contributed by atoms with E-state index < -0.39 is 5.97 Å². The second-order valence-electron chi connectivity index (χ2n) is 6.96. The van der Waals surface area contributed by atoms with Crippen LogP contribution in [0.1, 0.15) is 18.1 Å². The van der Waals surface area contributed by atoms with Gasteiger partial charge in [-0.2, -0.15) is 0 Å². The van der Waals surface area contributed by atoms with Gasteiger partial charge in [-0.25, -0.2) is 0 Å². The largest absolute Gasteiger partial charge is 0.494 e. The topological polar surface area (TPSA) is 71.5 Å². The minimum atomic E-state index is -0.887. The summed E-state index contributed by atoms with van der Waals surface area (Å²) in [5, 5.41) is 10.4. The molecule has 5 nitrogen and oxygen atoms in total. The third-order valence-corrected chi connectivity index (χ3v) is 4.91. The third kappa shape index (κ3) is 4.15.